The van der Waals surface area contributed by atoms with E-state index >= 15 is 0 Å². The molecule has 4 rings (SSSR count). The van der Waals surface area contributed by atoms with Crippen LogP contribution >= 0.6 is 0 Å². The number of fused-ring (bicyclic) bond motifs is 3. The predicted molar refractivity (Wildman–Crippen MR) is 94.5 cm³/mol. The molecule has 5 heteroatoms. The zero-order chi connectivity index (χ0) is 16.7. The van der Waals surface area contributed by atoms with Crippen LogP contribution in [0.25, 0.3) is 0 Å². The molecule has 0 spiro atoms. The molecule has 0 saturated carbocycles. The number of benzene rings is 1. The number of hydrogen-bond donors (Lipinski definition) is 1. The zero-order valence-corrected chi connectivity index (χ0v) is 14.6. The summed E-state index contributed by atoms with van der Waals surface area (Å²) in [6.45, 7) is 6.58. The highest BCUT2D eigenvalue weighted by Crippen LogP contribution is 2.45. The van der Waals surface area contributed by atoms with Crippen LogP contribution in [0.4, 0.5) is 5.69 Å². The number of amides is 1. The van der Waals surface area contributed by atoms with Crippen molar-refractivity contribution < 1.29 is 9.53 Å². The smallest absolute Gasteiger partial charge is 0.229 e. The van der Waals surface area contributed by atoms with Crippen molar-refractivity contribution in [2.45, 2.75) is 37.8 Å². The van der Waals surface area contributed by atoms with Gasteiger partial charge in [0.25, 0.3) is 0 Å². The third kappa shape index (κ3) is 2.85. The molecule has 1 aromatic carbocycles. The van der Waals surface area contributed by atoms with Crippen molar-refractivity contribution in [1.29, 1.82) is 0 Å². The van der Waals surface area contributed by atoms with E-state index in [1.165, 1.54) is 11.1 Å². The summed E-state index contributed by atoms with van der Waals surface area (Å²) in [5.41, 5.74) is 3.75. The number of hydrogen-bond acceptors (Lipinski definition) is 4. The minimum atomic E-state index is 0.212. The average Bonchev–Trinajstić information content (AvgIpc) is 2.83. The molecule has 5 nitrogen and oxygen atoms in total. The van der Waals surface area contributed by atoms with Gasteiger partial charge in [-0.15, -0.1) is 0 Å². The molecule has 0 bridgehead atoms. The monoisotopic (exact) mass is 329 g/mol. The second-order valence-corrected chi connectivity index (χ2v) is 7.45. The molecule has 1 aromatic rings. The van der Waals surface area contributed by atoms with Crippen LogP contribution in [0.1, 0.15) is 29.9 Å². The van der Waals surface area contributed by atoms with Gasteiger partial charge in [-0.05, 0) is 38.6 Å². The molecule has 3 heterocycles. The highest BCUT2D eigenvalue weighted by Gasteiger charge is 2.43. The summed E-state index contributed by atoms with van der Waals surface area (Å²) in [7, 11) is 2.18. The highest BCUT2D eigenvalue weighted by atomic mass is 16.5. The van der Waals surface area contributed by atoms with Gasteiger partial charge in [0.1, 0.15) is 0 Å². The Bertz CT molecular complexity index is 629. The molecular weight excluding hydrogens is 302 g/mol. The number of likely N-dealkylation sites (tertiary alicyclic amines) is 1. The lowest BCUT2D eigenvalue weighted by Gasteiger charge is -2.36. The van der Waals surface area contributed by atoms with Gasteiger partial charge in [0, 0.05) is 37.3 Å². The second kappa shape index (κ2) is 6.47. The van der Waals surface area contributed by atoms with Gasteiger partial charge in [-0.25, -0.2) is 0 Å². The molecule has 3 aliphatic rings. The van der Waals surface area contributed by atoms with Gasteiger partial charge in [0.05, 0.1) is 19.1 Å². The quantitative estimate of drug-likeness (QED) is 0.909. The summed E-state index contributed by atoms with van der Waals surface area (Å²) < 4.78 is 5.75. The fourth-order valence-electron chi connectivity index (χ4n) is 4.22. The molecular formula is C19H27N3O2. The van der Waals surface area contributed by atoms with E-state index < -0.39 is 0 Å². The van der Waals surface area contributed by atoms with Gasteiger partial charge in [-0.2, -0.15) is 0 Å². The Morgan fingerprint density at radius 2 is 2.21 bits per heavy atom. The van der Waals surface area contributed by atoms with Crippen LogP contribution < -0.4 is 10.2 Å². The maximum absolute atomic E-state index is 12.9. The number of nitrogens with zero attached hydrogens (tertiary/aromatic N) is 2. The number of carbonyl (C=O) groups excluding carboxylic acids is 1. The number of ether oxygens (including phenoxy) is 1. The number of anilines is 1. The van der Waals surface area contributed by atoms with Gasteiger partial charge >= 0.3 is 0 Å². The first-order valence-electron chi connectivity index (χ1n) is 9.07. The molecule has 3 aliphatic heterocycles. The Morgan fingerprint density at radius 3 is 2.96 bits per heavy atom. The summed E-state index contributed by atoms with van der Waals surface area (Å²) in [5, 5.41) is 3.19. The lowest BCUT2D eigenvalue weighted by atomic mass is 9.89. The zero-order valence-electron chi connectivity index (χ0n) is 14.6. The number of rotatable bonds is 4. The fourth-order valence-corrected chi connectivity index (χ4v) is 4.22. The maximum Gasteiger partial charge on any atom is 0.229 e. The summed E-state index contributed by atoms with van der Waals surface area (Å²) in [5.74, 6) is 0.656. The first kappa shape index (κ1) is 16.1. The Balaban J connectivity index is 1.51. The Hall–Kier alpha value is -1.43. The van der Waals surface area contributed by atoms with Gasteiger partial charge in [-0.3, -0.25) is 4.79 Å². The minimum Gasteiger partial charge on any atom is -0.375 e. The Kier molecular flexibility index (Phi) is 4.33. The fraction of sp³-hybridized carbons (Fsp3) is 0.632. The first-order chi connectivity index (χ1) is 11.6. The van der Waals surface area contributed by atoms with E-state index in [2.05, 4.69) is 47.3 Å². The summed E-state index contributed by atoms with van der Waals surface area (Å²) >= 11 is 0. The van der Waals surface area contributed by atoms with Crippen molar-refractivity contribution >= 4 is 11.6 Å². The van der Waals surface area contributed by atoms with Crippen LogP contribution in [0, 0.1) is 6.92 Å². The van der Waals surface area contributed by atoms with Crippen molar-refractivity contribution in [2.75, 3.05) is 44.7 Å². The predicted octanol–water partition coefficient (Wildman–Crippen LogP) is 1.51. The van der Waals surface area contributed by atoms with E-state index in [0.717, 1.165) is 38.3 Å². The van der Waals surface area contributed by atoms with Crippen molar-refractivity contribution in [3.8, 4) is 0 Å². The summed E-state index contributed by atoms with van der Waals surface area (Å²) in [6.07, 6.45) is 1.82. The van der Waals surface area contributed by atoms with Crippen LogP contribution in [0.3, 0.4) is 0 Å². The molecule has 130 valence electrons. The number of aryl methyl sites for hydroxylation is 1. The van der Waals surface area contributed by atoms with Gasteiger partial charge in [-0.1, -0.05) is 17.7 Å². The lowest BCUT2D eigenvalue weighted by molar-refractivity contribution is -0.121. The van der Waals surface area contributed by atoms with Crippen LogP contribution in [0.15, 0.2) is 18.2 Å². The van der Waals surface area contributed by atoms with Crippen molar-refractivity contribution in [1.82, 2.24) is 10.2 Å². The molecule has 0 aromatic heterocycles. The number of carbonyl (C=O) groups is 1. The minimum absolute atomic E-state index is 0.212. The largest absolute Gasteiger partial charge is 0.375 e. The van der Waals surface area contributed by atoms with Crippen LogP contribution in [-0.2, 0) is 9.53 Å². The molecule has 24 heavy (non-hydrogen) atoms. The number of likely N-dealkylation sites (N-methyl/N-ethyl adjacent to an activating group) is 1. The van der Waals surface area contributed by atoms with E-state index in [0.29, 0.717) is 31.1 Å². The van der Waals surface area contributed by atoms with Crippen LogP contribution in [0.2, 0.25) is 0 Å². The van der Waals surface area contributed by atoms with Crippen LogP contribution in [-0.4, -0.2) is 62.8 Å². The second-order valence-electron chi connectivity index (χ2n) is 7.45. The number of piperidine rings is 1. The molecule has 2 atom stereocenters. The average molecular weight is 329 g/mol. The highest BCUT2D eigenvalue weighted by molar-refractivity contribution is 5.97. The molecule has 2 saturated heterocycles. The van der Waals surface area contributed by atoms with Gasteiger partial charge < -0.3 is 19.9 Å². The first-order valence-corrected chi connectivity index (χ1v) is 9.07. The summed E-state index contributed by atoms with van der Waals surface area (Å²) in [4.78, 5) is 17.4. The van der Waals surface area contributed by atoms with E-state index in [1.807, 2.05) is 0 Å². The summed E-state index contributed by atoms with van der Waals surface area (Å²) in [6, 6.07) is 6.85. The molecule has 0 radical (unpaired) electrons. The lowest BCUT2D eigenvalue weighted by Crippen LogP contribution is -2.49. The third-order valence-electron chi connectivity index (χ3n) is 5.64. The normalized spacial score (nSPS) is 26.8. The van der Waals surface area contributed by atoms with E-state index in [-0.39, 0.29) is 5.91 Å². The topological polar surface area (TPSA) is 44.8 Å². The molecule has 0 aliphatic carbocycles. The molecule has 1 N–H and O–H groups in total. The number of nitrogens with one attached hydrogen (secondary N) is 1. The van der Waals surface area contributed by atoms with Gasteiger partial charge in [0.15, 0.2) is 0 Å². The van der Waals surface area contributed by atoms with E-state index in [4.69, 9.17) is 4.74 Å². The van der Waals surface area contributed by atoms with Crippen molar-refractivity contribution in [3.05, 3.63) is 29.3 Å². The maximum atomic E-state index is 12.9. The van der Waals surface area contributed by atoms with Gasteiger partial charge in [0.2, 0.25) is 5.91 Å². The van der Waals surface area contributed by atoms with Crippen molar-refractivity contribution in [2.24, 2.45) is 0 Å². The van der Waals surface area contributed by atoms with Crippen molar-refractivity contribution in [3.63, 3.8) is 0 Å². The Morgan fingerprint density at radius 1 is 1.38 bits per heavy atom. The molecule has 1 amide bonds. The van der Waals surface area contributed by atoms with Crippen LogP contribution in [0.5, 0.6) is 0 Å². The third-order valence-corrected chi connectivity index (χ3v) is 5.64. The molecule has 2 fully saturated rings. The van der Waals surface area contributed by atoms with E-state index in [9.17, 15) is 4.79 Å². The standard InChI is InChI=1S/C19H27N3O2/c1-13-3-4-17-15(9-13)16-12-21(2)7-5-18(16)22(17)19(23)6-8-24-14-10-20-11-14/h3-4,9,14,16,18,20H,5-8,10-12H2,1-2H3/t16-,18-/m1/s1. The Labute approximate surface area is 144 Å². The molecule has 0 unspecified atom stereocenters. The SMILES string of the molecule is Cc1ccc2c(c1)[C@H]1CN(C)CC[C@H]1N2C(=O)CCOC1CNC1. The van der Waals surface area contributed by atoms with E-state index in [1.54, 1.807) is 0 Å².